The molecule has 2 unspecified atom stereocenters. The fourth-order valence-electron chi connectivity index (χ4n) is 4.32. The quantitative estimate of drug-likeness (QED) is 0.174. The van der Waals surface area contributed by atoms with Crippen molar-refractivity contribution in [2.24, 2.45) is 0 Å². The van der Waals surface area contributed by atoms with Crippen LogP contribution in [0.5, 0.6) is 0 Å². The van der Waals surface area contributed by atoms with Crippen LogP contribution in [0, 0.1) is 0 Å². The lowest BCUT2D eigenvalue weighted by Gasteiger charge is -2.21. The van der Waals surface area contributed by atoms with Gasteiger partial charge in [0, 0.05) is 16.8 Å². The van der Waals surface area contributed by atoms with E-state index < -0.39 is 24.5 Å². The molecule has 0 radical (unpaired) electrons. The van der Waals surface area contributed by atoms with Crippen LogP contribution in [-0.2, 0) is 16.0 Å². The van der Waals surface area contributed by atoms with Crippen molar-refractivity contribution in [3.63, 3.8) is 0 Å². The van der Waals surface area contributed by atoms with Gasteiger partial charge in [-0.05, 0) is 58.1 Å². The van der Waals surface area contributed by atoms with Crippen molar-refractivity contribution in [1.82, 2.24) is 10.6 Å². The summed E-state index contributed by atoms with van der Waals surface area (Å²) in [6.45, 7) is 4.28. The monoisotopic (exact) mass is 688 g/mol. The van der Waals surface area contributed by atoms with Crippen LogP contribution in [0.2, 0.25) is 5.02 Å². The zero-order valence-electron chi connectivity index (χ0n) is 23.5. The van der Waals surface area contributed by atoms with E-state index >= 15 is 0 Å². The third-order valence-corrected chi connectivity index (χ3v) is 6.85. The number of nitrogens with one attached hydrogen (secondary N) is 3. The Morgan fingerprint density at radius 1 is 0.953 bits per heavy atom. The summed E-state index contributed by atoms with van der Waals surface area (Å²) in [6.07, 6.45) is 1.09. The van der Waals surface area contributed by atoms with E-state index in [-0.39, 0.29) is 24.9 Å². The number of nitrogens with zero attached hydrogens (tertiary/aromatic N) is 1. The number of ether oxygens (including phenoxy) is 2. The van der Waals surface area contributed by atoms with Gasteiger partial charge >= 0.3 is 12.2 Å². The Balaban J connectivity index is 0.00000506. The summed E-state index contributed by atoms with van der Waals surface area (Å²) in [4.78, 5) is 38.3. The molecule has 2 atom stereocenters. The summed E-state index contributed by atoms with van der Waals surface area (Å²) in [5.74, 6) is -0.334. The summed E-state index contributed by atoms with van der Waals surface area (Å²) >= 11 is 9.62. The zero-order valence-corrected chi connectivity index (χ0v) is 26.6. The molecule has 12 heteroatoms. The molecule has 43 heavy (non-hydrogen) atoms. The number of anilines is 1. The number of hydrogen-bond acceptors (Lipinski definition) is 5. The van der Waals surface area contributed by atoms with Gasteiger partial charge < -0.3 is 27.2 Å². The number of hydrogen-bond donors (Lipinski definition) is 3. The Morgan fingerprint density at radius 2 is 1.70 bits per heavy atom. The number of carbonyl (C=O) groups is 3. The molecule has 3 N–H and O–H groups in total. The number of benzene rings is 3. The van der Waals surface area contributed by atoms with Crippen LogP contribution in [0.15, 0.2) is 89.7 Å². The van der Waals surface area contributed by atoms with E-state index in [0.29, 0.717) is 21.8 Å². The van der Waals surface area contributed by atoms with E-state index in [2.05, 4.69) is 38.8 Å². The Labute approximate surface area is 269 Å². The van der Waals surface area contributed by atoms with Crippen molar-refractivity contribution < 1.29 is 40.8 Å². The maximum absolute atomic E-state index is 13.0. The van der Waals surface area contributed by atoms with Crippen molar-refractivity contribution >= 4 is 62.1 Å². The number of amides is 3. The summed E-state index contributed by atoms with van der Waals surface area (Å²) in [7, 11) is 0. The second kappa shape index (κ2) is 16.1. The average Bonchev–Trinajstić information content (AvgIpc) is 2.95. The minimum atomic E-state index is -1.02. The van der Waals surface area contributed by atoms with Gasteiger partial charge in [-0.3, -0.25) is 15.4 Å². The fraction of sp³-hybridized carbons (Fsp3) is 0.226. The summed E-state index contributed by atoms with van der Waals surface area (Å²) in [5.41, 5.74) is 1.61. The SMILES string of the molecule is CCC[n+]1cc(Br)cc(C(=O)NCC(OC(=O)NC(C)OC(=O)Nc2cccc3ccccc23)c2cccc(Cl)c2)c1.[Cl-]. The van der Waals surface area contributed by atoms with Gasteiger partial charge in [-0.15, -0.1) is 0 Å². The molecule has 1 aromatic heterocycles. The van der Waals surface area contributed by atoms with E-state index in [1.165, 1.54) is 6.92 Å². The highest BCUT2D eigenvalue weighted by atomic mass is 79.9. The molecular weight excluding hydrogens is 659 g/mol. The molecule has 0 spiro atoms. The number of halogens is 3. The van der Waals surface area contributed by atoms with Gasteiger partial charge in [0.2, 0.25) is 0 Å². The predicted octanol–water partition coefficient (Wildman–Crippen LogP) is 3.75. The lowest BCUT2D eigenvalue weighted by atomic mass is 10.1. The number of fused-ring (bicyclic) bond motifs is 1. The zero-order chi connectivity index (χ0) is 30.1. The molecule has 3 aromatic carbocycles. The van der Waals surface area contributed by atoms with Crippen LogP contribution in [0.25, 0.3) is 10.8 Å². The minimum Gasteiger partial charge on any atom is -1.00 e. The third-order valence-electron chi connectivity index (χ3n) is 6.18. The highest BCUT2D eigenvalue weighted by Gasteiger charge is 2.22. The summed E-state index contributed by atoms with van der Waals surface area (Å²) in [5, 5.41) is 10.3. The van der Waals surface area contributed by atoms with Gasteiger partial charge in [-0.25, -0.2) is 14.2 Å². The first-order valence-electron chi connectivity index (χ1n) is 13.4. The molecule has 0 bridgehead atoms. The van der Waals surface area contributed by atoms with E-state index in [1.54, 1.807) is 42.6 Å². The maximum Gasteiger partial charge on any atom is 0.413 e. The fourth-order valence-corrected chi connectivity index (χ4v) is 5.03. The van der Waals surface area contributed by atoms with Gasteiger partial charge in [-0.2, -0.15) is 0 Å². The summed E-state index contributed by atoms with van der Waals surface area (Å²) in [6, 6.07) is 21.6. The number of alkyl carbamates (subject to hydrolysis) is 1. The average molecular weight is 690 g/mol. The van der Waals surface area contributed by atoms with Crippen LogP contribution in [0.3, 0.4) is 0 Å². The second-order valence-electron chi connectivity index (χ2n) is 9.48. The van der Waals surface area contributed by atoms with E-state index in [4.69, 9.17) is 21.1 Å². The van der Waals surface area contributed by atoms with Crippen LogP contribution in [0.1, 0.15) is 42.3 Å². The Kier molecular flexibility index (Phi) is 12.6. The second-order valence-corrected chi connectivity index (χ2v) is 10.8. The standard InChI is InChI=1S/C31H30BrClN4O5.ClH/c1-3-14-37-18-23(15-24(32)19-37)29(38)34-17-28(22-10-6-11-25(33)16-22)42-30(39)35-20(2)41-31(40)36-27-13-7-9-21-8-4-5-12-26(21)27;/h4-13,15-16,18-20,28H,3,14,17H2,1-2H3,(H2-,34,35,36,38,39,40);1H. The van der Waals surface area contributed by atoms with Crippen LogP contribution >= 0.6 is 27.5 Å². The highest BCUT2D eigenvalue weighted by molar-refractivity contribution is 9.10. The first-order valence-corrected chi connectivity index (χ1v) is 14.5. The lowest BCUT2D eigenvalue weighted by molar-refractivity contribution is -0.697. The number of aromatic nitrogens is 1. The minimum absolute atomic E-state index is 0. The molecule has 3 amide bonds. The Morgan fingerprint density at radius 3 is 2.47 bits per heavy atom. The van der Waals surface area contributed by atoms with Gasteiger partial charge in [0.1, 0.15) is 18.2 Å². The van der Waals surface area contributed by atoms with Crippen molar-refractivity contribution in [1.29, 1.82) is 0 Å². The molecule has 0 fully saturated rings. The number of carbonyl (C=O) groups excluding carboxylic acids is 3. The topological polar surface area (TPSA) is 110 Å². The van der Waals surface area contributed by atoms with Gasteiger partial charge in [0.15, 0.2) is 18.6 Å². The van der Waals surface area contributed by atoms with Gasteiger partial charge in [-0.1, -0.05) is 67.1 Å². The molecule has 0 aliphatic heterocycles. The molecule has 0 aliphatic carbocycles. The van der Waals surface area contributed by atoms with E-state index in [1.807, 2.05) is 47.2 Å². The van der Waals surface area contributed by atoms with Crippen molar-refractivity contribution in [3.8, 4) is 0 Å². The first-order chi connectivity index (χ1) is 20.2. The van der Waals surface area contributed by atoms with Crippen molar-refractivity contribution in [2.45, 2.75) is 39.1 Å². The molecular formula is C31H31BrCl2N4O5. The molecule has 0 saturated carbocycles. The number of rotatable bonds is 10. The molecule has 4 rings (SSSR count). The van der Waals surface area contributed by atoms with Crippen LogP contribution < -0.4 is 32.9 Å². The lowest BCUT2D eigenvalue weighted by Crippen LogP contribution is -3.00. The molecule has 9 nitrogen and oxygen atoms in total. The maximum atomic E-state index is 13.0. The van der Waals surface area contributed by atoms with Crippen molar-refractivity contribution in [3.05, 3.63) is 106 Å². The van der Waals surface area contributed by atoms with Gasteiger partial charge in [0.25, 0.3) is 5.91 Å². The normalized spacial score (nSPS) is 11.9. The Hall–Kier alpha value is -3.86. The smallest absolute Gasteiger partial charge is 0.413 e. The largest absolute Gasteiger partial charge is 1.00 e. The third kappa shape index (κ3) is 9.84. The summed E-state index contributed by atoms with van der Waals surface area (Å²) < 4.78 is 13.7. The molecule has 0 saturated heterocycles. The van der Waals surface area contributed by atoms with Crippen LogP contribution in [-0.4, -0.2) is 30.9 Å². The first kappa shape index (κ1) is 33.6. The predicted molar refractivity (Wildman–Crippen MR) is 164 cm³/mol. The molecule has 1 heterocycles. The van der Waals surface area contributed by atoms with Crippen LogP contribution in [0.4, 0.5) is 15.3 Å². The highest BCUT2D eigenvalue weighted by Crippen LogP contribution is 2.24. The number of pyridine rings is 1. The molecule has 226 valence electrons. The van der Waals surface area contributed by atoms with E-state index in [0.717, 1.165) is 28.2 Å². The van der Waals surface area contributed by atoms with Gasteiger partial charge in [0.05, 0.1) is 16.7 Å². The van der Waals surface area contributed by atoms with Crippen molar-refractivity contribution in [2.75, 3.05) is 11.9 Å². The Bertz CT molecular complexity index is 1580. The van der Waals surface area contributed by atoms with E-state index in [9.17, 15) is 14.4 Å². The number of aryl methyl sites for hydroxylation is 1. The molecule has 4 aromatic rings. The molecule has 0 aliphatic rings.